The van der Waals surface area contributed by atoms with Gasteiger partial charge in [-0.2, -0.15) is 0 Å². The lowest BCUT2D eigenvalue weighted by molar-refractivity contribution is 0.0964. The number of aryl methyl sites for hydroxylation is 1. The van der Waals surface area contributed by atoms with Crippen LogP contribution in [0.25, 0.3) is 11.0 Å². The van der Waals surface area contributed by atoms with Gasteiger partial charge >= 0.3 is 5.69 Å². The Bertz CT molecular complexity index is 1620. The zero-order valence-electron chi connectivity index (χ0n) is 19.2. The summed E-state index contributed by atoms with van der Waals surface area (Å²) < 4.78 is 12.7. The molecule has 3 heterocycles. The second-order valence-corrected chi connectivity index (χ2v) is 9.11. The molecule has 6 rings (SSSR count). The Morgan fingerprint density at radius 2 is 1.86 bits per heavy atom. The van der Waals surface area contributed by atoms with Crippen molar-refractivity contribution in [3.05, 3.63) is 97.3 Å². The van der Waals surface area contributed by atoms with Crippen molar-refractivity contribution in [1.82, 2.24) is 14.5 Å². The maximum absolute atomic E-state index is 13.0. The number of ketones is 1. The van der Waals surface area contributed by atoms with E-state index in [1.165, 1.54) is 10.8 Å². The molecule has 8 nitrogen and oxygen atoms in total. The van der Waals surface area contributed by atoms with Crippen molar-refractivity contribution < 1.29 is 14.3 Å². The van der Waals surface area contributed by atoms with Crippen LogP contribution in [-0.4, -0.2) is 33.5 Å². The highest BCUT2D eigenvalue weighted by Crippen LogP contribution is 2.35. The largest absolute Gasteiger partial charge is 0.486 e. The van der Waals surface area contributed by atoms with Crippen LogP contribution in [-0.2, 0) is 13.0 Å². The molecule has 8 heteroatoms. The monoisotopic (exact) mass is 469 g/mol. The van der Waals surface area contributed by atoms with Crippen molar-refractivity contribution in [3.63, 3.8) is 0 Å². The number of fused-ring (bicyclic) bond motifs is 4. The molecular formula is C27H23N3O5. The van der Waals surface area contributed by atoms with Gasteiger partial charge in [-0.3, -0.25) is 19.1 Å². The first kappa shape index (κ1) is 21.3. The minimum Gasteiger partial charge on any atom is -0.486 e. The SMILES string of the molecule is Cc1cccc(C2CC(=O)c3cnc4c(c3C2)c(=O)[nH]c(=O)n4Cc2ccc3c(c2)OCCO3)c1. The third kappa shape index (κ3) is 3.71. The summed E-state index contributed by atoms with van der Waals surface area (Å²) in [6.45, 7) is 3.15. The number of H-pyrrole nitrogens is 1. The van der Waals surface area contributed by atoms with Gasteiger partial charge in [0.15, 0.2) is 17.3 Å². The van der Waals surface area contributed by atoms with E-state index in [1.807, 2.05) is 43.3 Å². The van der Waals surface area contributed by atoms with Gasteiger partial charge in [-0.1, -0.05) is 35.9 Å². The Hall–Kier alpha value is -4.20. The van der Waals surface area contributed by atoms with Crippen LogP contribution >= 0.6 is 0 Å². The van der Waals surface area contributed by atoms with Crippen molar-refractivity contribution in [1.29, 1.82) is 0 Å². The van der Waals surface area contributed by atoms with Crippen molar-refractivity contribution in [2.75, 3.05) is 13.2 Å². The second kappa shape index (κ2) is 8.23. The van der Waals surface area contributed by atoms with Crippen LogP contribution in [0.2, 0.25) is 0 Å². The topological polar surface area (TPSA) is 103 Å². The third-order valence-electron chi connectivity index (χ3n) is 6.76. The summed E-state index contributed by atoms with van der Waals surface area (Å²) >= 11 is 0. The van der Waals surface area contributed by atoms with Gasteiger partial charge in [0, 0.05) is 18.2 Å². The van der Waals surface area contributed by atoms with Crippen LogP contribution < -0.4 is 20.7 Å². The first-order chi connectivity index (χ1) is 17.0. The van der Waals surface area contributed by atoms with E-state index in [0.717, 1.165) is 16.7 Å². The molecule has 176 valence electrons. The summed E-state index contributed by atoms with van der Waals surface area (Å²) in [5.41, 5.74) is 3.28. The fraction of sp³-hybridized carbons (Fsp3) is 0.259. The summed E-state index contributed by atoms with van der Waals surface area (Å²) in [4.78, 5) is 45.8. The molecule has 0 saturated carbocycles. The molecule has 0 radical (unpaired) electrons. The Balaban J connectivity index is 1.47. The predicted octanol–water partition coefficient (Wildman–Crippen LogP) is 3.13. The number of ether oxygens (including phenoxy) is 2. The summed E-state index contributed by atoms with van der Waals surface area (Å²) in [5, 5.41) is 0.297. The van der Waals surface area contributed by atoms with E-state index in [-0.39, 0.29) is 23.9 Å². The van der Waals surface area contributed by atoms with Crippen LogP contribution in [0.5, 0.6) is 11.5 Å². The minimum absolute atomic E-state index is 0.0435. The molecule has 0 saturated heterocycles. The minimum atomic E-state index is -0.554. The second-order valence-electron chi connectivity index (χ2n) is 9.11. The van der Waals surface area contributed by atoms with Crippen molar-refractivity contribution >= 4 is 16.8 Å². The number of Topliss-reactive ketones (excluding diaryl/α,β-unsaturated/α-hetero) is 1. The van der Waals surface area contributed by atoms with Crippen molar-refractivity contribution in [3.8, 4) is 11.5 Å². The van der Waals surface area contributed by atoms with E-state index >= 15 is 0 Å². The number of hydrogen-bond donors (Lipinski definition) is 1. The number of carbonyl (C=O) groups excluding carboxylic acids is 1. The van der Waals surface area contributed by atoms with Gasteiger partial charge in [-0.15, -0.1) is 0 Å². The van der Waals surface area contributed by atoms with E-state index in [9.17, 15) is 14.4 Å². The standard InChI is InChI=1S/C27H23N3O5/c1-15-3-2-4-17(9-15)18-11-19-20(21(31)12-18)13-28-25-24(19)26(32)29-27(33)30(25)14-16-5-6-22-23(10-16)35-8-7-34-22/h2-6,9-10,13,18H,7-8,11-12,14H2,1H3,(H,29,32,33). The molecule has 0 bridgehead atoms. The number of pyridine rings is 1. The molecule has 1 aliphatic heterocycles. The Morgan fingerprint density at radius 1 is 1.03 bits per heavy atom. The van der Waals surface area contributed by atoms with Crippen LogP contribution in [0.3, 0.4) is 0 Å². The third-order valence-corrected chi connectivity index (χ3v) is 6.76. The quantitative estimate of drug-likeness (QED) is 0.495. The number of aromatic amines is 1. The number of aromatic nitrogens is 3. The fourth-order valence-corrected chi connectivity index (χ4v) is 5.08. The van der Waals surface area contributed by atoms with Gasteiger partial charge in [-0.25, -0.2) is 9.78 Å². The maximum atomic E-state index is 13.0. The zero-order valence-corrected chi connectivity index (χ0v) is 19.2. The van der Waals surface area contributed by atoms with Gasteiger partial charge in [-0.05, 0) is 48.1 Å². The van der Waals surface area contributed by atoms with Crippen LogP contribution in [0, 0.1) is 6.92 Å². The first-order valence-corrected chi connectivity index (χ1v) is 11.6. The highest BCUT2D eigenvalue weighted by molar-refractivity contribution is 6.02. The molecule has 0 spiro atoms. The first-order valence-electron chi connectivity index (χ1n) is 11.6. The average Bonchev–Trinajstić information content (AvgIpc) is 2.85. The molecule has 2 aromatic heterocycles. The number of benzene rings is 2. The van der Waals surface area contributed by atoms with Crippen LogP contribution in [0.15, 0.2) is 58.3 Å². The predicted molar refractivity (Wildman–Crippen MR) is 130 cm³/mol. The number of carbonyl (C=O) groups is 1. The molecule has 2 aliphatic rings. The molecule has 1 unspecified atom stereocenters. The molecule has 1 atom stereocenters. The normalized spacial score (nSPS) is 16.8. The molecule has 1 N–H and O–H groups in total. The number of hydrogen-bond acceptors (Lipinski definition) is 6. The molecule has 0 fully saturated rings. The summed E-state index contributed by atoms with van der Waals surface area (Å²) in [6, 6.07) is 13.6. The van der Waals surface area contributed by atoms with Gasteiger partial charge in [0.05, 0.1) is 11.9 Å². The highest BCUT2D eigenvalue weighted by atomic mass is 16.6. The summed E-state index contributed by atoms with van der Waals surface area (Å²) in [7, 11) is 0. The Kier molecular flexibility index (Phi) is 5.02. The summed E-state index contributed by atoms with van der Waals surface area (Å²) in [6.07, 6.45) is 2.39. The zero-order chi connectivity index (χ0) is 24.1. The Morgan fingerprint density at radius 3 is 2.69 bits per heavy atom. The van der Waals surface area contributed by atoms with Gasteiger partial charge in [0.1, 0.15) is 18.9 Å². The van der Waals surface area contributed by atoms with Crippen molar-refractivity contribution in [2.45, 2.75) is 32.2 Å². The Labute approximate surface area is 200 Å². The van der Waals surface area contributed by atoms with Crippen molar-refractivity contribution in [2.24, 2.45) is 0 Å². The molecular weight excluding hydrogens is 446 g/mol. The van der Waals surface area contributed by atoms with E-state index in [1.54, 1.807) is 0 Å². The number of nitrogens with zero attached hydrogens (tertiary/aromatic N) is 2. The average molecular weight is 469 g/mol. The van der Waals surface area contributed by atoms with E-state index in [2.05, 4.69) is 16.0 Å². The smallest absolute Gasteiger partial charge is 0.330 e. The highest BCUT2D eigenvalue weighted by Gasteiger charge is 2.30. The van der Waals surface area contributed by atoms with E-state index < -0.39 is 11.2 Å². The van der Waals surface area contributed by atoms with E-state index in [0.29, 0.717) is 54.1 Å². The lowest BCUT2D eigenvalue weighted by Gasteiger charge is -2.25. The summed E-state index contributed by atoms with van der Waals surface area (Å²) in [5.74, 6) is 1.19. The van der Waals surface area contributed by atoms with Crippen LogP contribution in [0.1, 0.15) is 45.0 Å². The maximum Gasteiger partial charge on any atom is 0.330 e. The molecule has 2 aromatic carbocycles. The number of rotatable bonds is 3. The van der Waals surface area contributed by atoms with Crippen LogP contribution in [0.4, 0.5) is 0 Å². The van der Waals surface area contributed by atoms with Gasteiger partial charge in [0.25, 0.3) is 5.56 Å². The molecule has 0 amide bonds. The fourth-order valence-electron chi connectivity index (χ4n) is 5.08. The van der Waals surface area contributed by atoms with Gasteiger partial charge < -0.3 is 9.47 Å². The molecule has 1 aliphatic carbocycles. The number of nitrogens with one attached hydrogen (secondary N) is 1. The lowest BCUT2D eigenvalue weighted by Crippen LogP contribution is -2.33. The van der Waals surface area contributed by atoms with Gasteiger partial charge in [0.2, 0.25) is 0 Å². The molecule has 4 aromatic rings. The lowest BCUT2D eigenvalue weighted by atomic mass is 9.79. The van der Waals surface area contributed by atoms with E-state index in [4.69, 9.17) is 9.47 Å². The molecule has 35 heavy (non-hydrogen) atoms.